The number of nitrogens with one attached hydrogen (secondary N) is 1. The Bertz CT molecular complexity index is 1180. The minimum absolute atomic E-state index is 0.0339. The van der Waals surface area contributed by atoms with Crippen molar-refractivity contribution in [2.24, 2.45) is 0 Å². The molecule has 2 aliphatic rings. The molecule has 0 spiro atoms. The van der Waals surface area contributed by atoms with Gasteiger partial charge in [0.1, 0.15) is 0 Å². The molecular weight excluding hydrogens is 464 g/mol. The van der Waals surface area contributed by atoms with Crippen molar-refractivity contribution < 1.29 is 18.0 Å². The molecule has 0 saturated carbocycles. The molecule has 0 bridgehead atoms. The van der Waals surface area contributed by atoms with Crippen LogP contribution in [0.3, 0.4) is 0 Å². The average Bonchev–Trinajstić information content (AvgIpc) is 2.85. The summed E-state index contributed by atoms with van der Waals surface area (Å²) < 4.78 is 28.8. The number of hydrogen-bond donors (Lipinski definition) is 2. The van der Waals surface area contributed by atoms with E-state index in [1.54, 1.807) is 23.1 Å². The van der Waals surface area contributed by atoms with E-state index in [1.165, 1.54) is 12.5 Å². The van der Waals surface area contributed by atoms with E-state index in [4.69, 9.17) is 5.73 Å². The van der Waals surface area contributed by atoms with Crippen molar-refractivity contribution in [2.75, 3.05) is 36.6 Å². The lowest BCUT2D eigenvalue weighted by Crippen LogP contribution is -2.43. The summed E-state index contributed by atoms with van der Waals surface area (Å²) in [5, 5.41) is -0.566. The number of nitrogen functional groups attached to an aromatic ring is 1. The second kappa shape index (κ2) is 10.3. The first-order valence-electron chi connectivity index (χ1n) is 12.2. The second-order valence-corrected chi connectivity index (χ2v) is 11.6. The second-order valence-electron chi connectivity index (χ2n) is 9.62. The zero-order valence-electron chi connectivity index (χ0n) is 20.4. The maximum atomic E-state index is 13.2. The number of carbonyl (C=O) groups is 2. The van der Waals surface area contributed by atoms with E-state index in [0.717, 1.165) is 24.1 Å². The SMILES string of the molecule is CC(=O)N1CCC(S(=O)(=O)Nc2cc(C(=O)N3CCC(c4ccc(N)cc4)CC3)ccc2C)CC1. The van der Waals surface area contributed by atoms with Gasteiger partial charge in [0, 0.05) is 44.4 Å². The van der Waals surface area contributed by atoms with Gasteiger partial charge in [-0.3, -0.25) is 14.3 Å². The number of likely N-dealkylation sites (tertiary alicyclic amines) is 2. The van der Waals surface area contributed by atoms with Crippen LogP contribution < -0.4 is 10.5 Å². The predicted molar refractivity (Wildman–Crippen MR) is 138 cm³/mol. The summed E-state index contributed by atoms with van der Waals surface area (Å²) in [5.74, 6) is 0.277. The largest absolute Gasteiger partial charge is 0.399 e. The summed E-state index contributed by atoms with van der Waals surface area (Å²) in [6.07, 6.45) is 2.55. The van der Waals surface area contributed by atoms with Crippen LogP contribution in [0, 0.1) is 6.92 Å². The van der Waals surface area contributed by atoms with E-state index in [2.05, 4.69) is 16.9 Å². The van der Waals surface area contributed by atoms with E-state index in [-0.39, 0.29) is 11.8 Å². The average molecular weight is 499 g/mol. The molecule has 0 aromatic heterocycles. The lowest BCUT2D eigenvalue weighted by atomic mass is 9.89. The number of hydrogen-bond acceptors (Lipinski definition) is 5. The van der Waals surface area contributed by atoms with E-state index < -0.39 is 15.3 Å². The first-order valence-corrected chi connectivity index (χ1v) is 13.7. The van der Waals surface area contributed by atoms with E-state index in [9.17, 15) is 18.0 Å². The van der Waals surface area contributed by atoms with Gasteiger partial charge < -0.3 is 15.5 Å². The number of piperidine rings is 2. The highest BCUT2D eigenvalue weighted by Crippen LogP contribution is 2.30. The van der Waals surface area contributed by atoms with Crippen LogP contribution in [0.4, 0.5) is 11.4 Å². The summed E-state index contributed by atoms with van der Waals surface area (Å²) >= 11 is 0. The van der Waals surface area contributed by atoms with Gasteiger partial charge in [-0.2, -0.15) is 0 Å². The quantitative estimate of drug-likeness (QED) is 0.614. The molecule has 2 saturated heterocycles. The van der Waals surface area contributed by atoms with Crippen molar-refractivity contribution in [3.63, 3.8) is 0 Å². The van der Waals surface area contributed by atoms with Gasteiger partial charge in [0.15, 0.2) is 0 Å². The third kappa shape index (κ3) is 5.78. The van der Waals surface area contributed by atoms with Gasteiger partial charge in [-0.05, 0) is 73.9 Å². The van der Waals surface area contributed by atoms with Crippen LogP contribution in [0.15, 0.2) is 42.5 Å². The minimum Gasteiger partial charge on any atom is -0.399 e. The number of sulfonamides is 1. The third-order valence-corrected chi connectivity index (χ3v) is 9.11. The van der Waals surface area contributed by atoms with Crippen LogP contribution in [0.5, 0.6) is 0 Å². The number of aryl methyl sites for hydroxylation is 1. The Balaban J connectivity index is 1.40. The van der Waals surface area contributed by atoms with Gasteiger partial charge in [0.25, 0.3) is 5.91 Å². The highest BCUT2D eigenvalue weighted by Gasteiger charge is 2.31. The van der Waals surface area contributed by atoms with E-state index in [1.807, 2.05) is 24.0 Å². The van der Waals surface area contributed by atoms with Gasteiger partial charge in [-0.1, -0.05) is 18.2 Å². The smallest absolute Gasteiger partial charge is 0.253 e. The van der Waals surface area contributed by atoms with Gasteiger partial charge in [0.05, 0.1) is 10.9 Å². The predicted octanol–water partition coefficient (Wildman–Crippen LogP) is 3.35. The molecule has 4 rings (SSSR count). The zero-order valence-corrected chi connectivity index (χ0v) is 21.2. The van der Waals surface area contributed by atoms with E-state index >= 15 is 0 Å². The highest BCUT2D eigenvalue weighted by molar-refractivity contribution is 7.93. The number of nitrogens with two attached hydrogens (primary N) is 1. The van der Waals surface area contributed by atoms with Crippen LogP contribution in [0.2, 0.25) is 0 Å². The molecule has 2 aromatic carbocycles. The first kappa shape index (κ1) is 25.0. The molecule has 0 unspecified atom stereocenters. The molecule has 0 atom stereocenters. The summed E-state index contributed by atoms with van der Waals surface area (Å²) in [5.41, 5.74) is 9.45. The lowest BCUT2D eigenvalue weighted by Gasteiger charge is -2.32. The molecule has 188 valence electrons. The fourth-order valence-electron chi connectivity index (χ4n) is 4.95. The zero-order chi connectivity index (χ0) is 25.2. The van der Waals surface area contributed by atoms with Gasteiger partial charge in [-0.15, -0.1) is 0 Å². The van der Waals surface area contributed by atoms with Crippen molar-refractivity contribution in [1.82, 2.24) is 9.80 Å². The maximum absolute atomic E-state index is 13.2. The van der Waals surface area contributed by atoms with Gasteiger partial charge in [-0.25, -0.2) is 8.42 Å². The Hall–Kier alpha value is -3.07. The van der Waals surface area contributed by atoms with Crippen molar-refractivity contribution in [1.29, 1.82) is 0 Å². The Morgan fingerprint density at radius 3 is 2.11 bits per heavy atom. The number of nitrogens with zero attached hydrogens (tertiary/aromatic N) is 2. The molecule has 2 aromatic rings. The minimum atomic E-state index is -3.64. The number of benzene rings is 2. The number of rotatable bonds is 5. The fourth-order valence-corrected chi connectivity index (χ4v) is 6.47. The monoisotopic (exact) mass is 498 g/mol. The molecular formula is C26H34N4O4S. The summed E-state index contributed by atoms with van der Waals surface area (Å²) in [6, 6.07) is 13.1. The molecule has 35 heavy (non-hydrogen) atoms. The molecule has 2 aliphatic heterocycles. The van der Waals surface area contributed by atoms with Crippen molar-refractivity contribution in [2.45, 2.75) is 50.7 Å². The molecule has 2 fully saturated rings. The summed E-state index contributed by atoms with van der Waals surface area (Å²) in [4.78, 5) is 28.3. The molecule has 2 heterocycles. The first-order chi connectivity index (χ1) is 16.6. The number of amides is 2. The fraction of sp³-hybridized carbons (Fsp3) is 0.462. The standard InChI is InChI=1S/C26H34N4O4S/c1-18-3-4-22(17-25(18)28-35(33,34)24-11-15-29(16-12-24)19(2)31)26(32)30-13-9-21(10-14-30)20-5-7-23(27)8-6-20/h3-8,17,21,24,28H,9-16,27H2,1-2H3. The van der Waals surface area contributed by atoms with Crippen LogP contribution in [0.1, 0.15) is 60.0 Å². The van der Waals surface area contributed by atoms with Gasteiger partial charge in [0.2, 0.25) is 15.9 Å². The van der Waals surface area contributed by atoms with Crippen LogP contribution >= 0.6 is 0 Å². The van der Waals surface area contributed by atoms with Gasteiger partial charge >= 0.3 is 0 Å². The Morgan fingerprint density at radius 2 is 1.51 bits per heavy atom. The number of carbonyl (C=O) groups excluding carboxylic acids is 2. The maximum Gasteiger partial charge on any atom is 0.253 e. The van der Waals surface area contributed by atoms with Crippen molar-refractivity contribution >= 4 is 33.2 Å². The van der Waals surface area contributed by atoms with Crippen LogP contribution in [0.25, 0.3) is 0 Å². The van der Waals surface area contributed by atoms with Crippen LogP contribution in [-0.4, -0.2) is 61.5 Å². The molecule has 0 radical (unpaired) electrons. The lowest BCUT2D eigenvalue weighted by molar-refractivity contribution is -0.129. The Kier molecular flexibility index (Phi) is 7.35. The van der Waals surface area contributed by atoms with Crippen molar-refractivity contribution in [3.05, 3.63) is 59.2 Å². The molecule has 9 heteroatoms. The molecule has 3 N–H and O–H groups in total. The van der Waals surface area contributed by atoms with E-state index in [0.29, 0.717) is 56.2 Å². The third-order valence-electron chi connectivity index (χ3n) is 7.25. The van der Waals surface area contributed by atoms with Crippen molar-refractivity contribution in [3.8, 4) is 0 Å². The molecule has 8 nitrogen and oxygen atoms in total. The van der Waals surface area contributed by atoms with Crippen LogP contribution in [-0.2, 0) is 14.8 Å². The number of anilines is 2. The molecule has 2 amide bonds. The summed E-state index contributed by atoms with van der Waals surface area (Å²) in [6.45, 7) is 5.49. The Labute approximate surface area is 207 Å². The topological polar surface area (TPSA) is 113 Å². The Morgan fingerprint density at radius 1 is 0.914 bits per heavy atom. The highest BCUT2D eigenvalue weighted by atomic mass is 32.2. The normalized spacial score (nSPS) is 17.9. The summed E-state index contributed by atoms with van der Waals surface area (Å²) in [7, 11) is -3.64. The molecule has 0 aliphatic carbocycles.